The molecule has 0 bridgehead atoms. The average molecular weight is 248 g/mol. The highest BCUT2D eigenvalue weighted by atomic mass is 16.6. The Balaban J connectivity index is 2.04. The van der Waals surface area contributed by atoms with E-state index in [1.807, 2.05) is 0 Å². The predicted octanol–water partition coefficient (Wildman–Crippen LogP) is 2.21. The van der Waals surface area contributed by atoms with Crippen LogP contribution in [0.2, 0.25) is 0 Å². The highest BCUT2D eigenvalue weighted by Gasteiger charge is 2.57. The molecule has 1 saturated carbocycles. The minimum Gasteiger partial charge on any atom is -0.458 e. The zero-order valence-electron chi connectivity index (χ0n) is 11.0. The van der Waals surface area contributed by atoms with Gasteiger partial charge in [-0.05, 0) is 18.8 Å². The van der Waals surface area contributed by atoms with Crippen LogP contribution < -0.4 is 0 Å². The maximum Gasteiger partial charge on any atom is 0.334 e. The Labute approximate surface area is 108 Å². The van der Waals surface area contributed by atoms with Crippen molar-refractivity contribution in [1.82, 2.24) is 0 Å². The second kappa shape index (κ2) is 3.70. The normalized spacial score (nSPS) is 47.2. The van der Waals surface area contributed by atoms with Crippen molar-refractivity contribution in [1.29, 1.82) is 0 Å². The minimum absolute atomic E-state index is 0.204. The number of carbonyl (C=O) groups is 1. The van der Waals surface area contributed by atoms with Crippen molar-refractivity contribution in [3.63, 3.8) is 0 Å². The zero-order valence-corrected chi connectivity index (χ0v) is 11.0. The summed E-state index contributed by atoms with van der Waals surface area (Å²) in [6.45, 7) is 8.13. The van der Waals surface area contributed by atoms with Crippen molar-refractivity contribution in [2.24, 2.45) is 17.3 Å². The molecule has 0 spiro atoms. The molecule has 1 aliphatic heterocycles. The quantitative estimate of drug-likeness (QED) is 0.406. The molecule has 3 heteroatoms. The van der Waals surface area contributed by atoms with Crippen LogP contribution in [0.3, 0.4) is 0 Å². The molecule has 0 amide bonds. The maximum atomic E-state index is 11.6. The fraction of sp³-hybridized carbons (Fsp3) is 0.667. The van der Waals surface area contributed by atoms with Crippen LogP contribution in [0.5, 0.6) is 0 Å². The van der Waals surface area contributed by atoms with Crippen molar-refractivity contribution in [2.75, 3.05) is 0 Å². The number of aliphatic hydroxyl groups excluding tert-OH is 1. The number of esters is 1. The molecule has 1 N–H and O–H groups in total. The van der Waals surface area contributed by atoms with Crippen LogP contribution in [0.4, 0.5) is 0 Å². The molecule has 0 aromatic rings. The van der Waals surface area contributed by atoms with Crippen LogP contribution in [0, 0.1) is 17.3 Å². The van der Waals surface area contributed by atoms with Gasteiger partial charge in [0.1, 0.15) is 6.10 Å². The number of aliphatic hydroxyl groups is 1. The van der Waals surface area contributed by atoms with Gasteiger partial charge in [-0.1, -0.05) is 32.1 Å². The topological polar surface area (TPSA) is 46.5 Å². The molecular weight excluding hydrogens is 228 g/mol. The van der Waals surface area contributed by atoms with Gasteiger partial charge in [0.2, 0.25) is 0 Å². The van der Waals surface area contributed by atoms with E-state index < -0.39 is 6.10 Å². The third-order valence-corrected chi connectivity index (χ3v) is 5.41. The molecule has 98 valence electrons. The van der Waals surface area contributed by atoms with Crippen molar-refractivity contribution in [2.45, 2.75) is 45.3 Å². The summed E-state index contributed by atoms with van der Waals surface area (Å²) < 4.78 is 5.34. The van der Waals surface area contributed by atoms with Gasteiger partial charge in [0.05, 0.1) is 12.0 Å². The first kappa shape index (κ1) is 12.0. The fourth-order valence-electron chi connectivity index (χ4n) is 3.93. The molecule has 18 heavy (non-hydrogen) atoms. The molecule has 5 atom stereocenters. The third-order valence-electron chi connectivity index (χ3n) is 5.41. The zero-order chi connectivity index (χ0) is 13.1. The first-order valence-electron chi connectivity index (χ1n) is 6.73. The molecule has 1 saturated heterocycles. The van der Waals surface area contributed by atoms with Gasteiger partial charge in [-0.2, -0.15) is 0 Å². The molecule has 1 heterocycles. The second-order valence-electron chi connectivity index (χ2n) is 6.13. The summed E-state index contributed by atoms with van der Waals surface area (Å²) in [5, 5.41) is 10.8. The first-order valence-corrected chi connectivity index (χ1v) is 6.73. The maximum absolute atomic E-state index is 11.6. The molecule has 3 rings (SSSR count). The summed E-state index contributed by atoms with van der Waals surface area (Å²) in [5.74, 6) is -0.128. The molecule has 2 fully saturated rings. The Morgan fingerprint density at radius 1 is 1.56 bits per heavy atom. The highest BCUT2D eigenvalue weighted by Crippen LogP contribution is 2.55. The van der Waals surface area contributed by atoms with Gasteiger partial charge in [-0.3, -0.25) is 0 Å². The van der Waals surface area contributed by atoms with Crippen LogP contribution >= 0.6 is 0 Å². The largest absolute Gasteiger partial charge is 0.458 e. The van der Waals surface area contributed by atoms with E-state index in [0.29, 0.717) is 11.5 Å². The number of fused-ring (bicyclic) bond motifs is 2. The Hall–Kier alpha value is -1.09. The van der Waals surface area contributed by atoms with Crippen LogP contribution in [-0.2, 0) is 9.53 Å². The summed E-state index contributed by atoms with van der Waals surface area (Å²) in [6.07, 6.45) is 4.38. The van der Waals surface area contributed by atoms with Gasteiger partial charge in [0.15, 0.2) is 0 Å². The Morgan fingerprint density at radius 2 is 2.28 bits per heavy atom. The van der Waals surface area contributed by atoms with Gasteiger partial charge in [0.25, 0.3) is 0 Å². The third kappa shape index (κ3) is 1.31. The van der Waals surface area contributed by atoms with Crippen LogP contribution in [0.25, 0.3) is 0 Å². The van der Waals surface area contributed by atoms with Gasteiger partial charge in [-0.15, -0.1) is 0 Å². The molecule has 0 aromatic heterocycles. The number of carbonyl (C=O) groups excluding carboxylic acids is 1. The summed E-state index contributed by atoms with van der Waals surface area (Å²) in [6, 6.07) is 0. The summed E-state index contributed by atoms with van der Waals surface area (Å²) >= 11 is 0. The lowest BCUT2D eigenvalue weighted by Crippen LogP contribution is -2.52. The van der Waals surface area contributed by atoms with E-state index in [1.54, 1.807) is 0 Å². The first-order chi connectivity index (χ1) is 8.46. The molecule has 0 unspecified atom stereocenters. The van der Waals surface area contributed by atoms with Crippen LogP contribution in [0.15, 0.2) is 23.8 Å². The molecule has 3 aliphatic rings. The van der Waals surface area contributed by atoms with Gasteiger partial charge < -0.3 is 9.84 Å². The van der Waals surface area contributed by atoms with E-state index in [4.69, 9.17) is 4.74 Å². The van der Waals surface area contributed by atoms with Crippen LogP contribution in [0.1, 0.15) is 33.1 Å². The second-order valence-corrected chi connectivity index (χ2v) is 6.13. The number of rotatable bonds is 0. The summed E-state index contributed by atoms with van der Waals surface area (Å²) in [5.41, 5.74) is 1.49. The van der Waals surface area contributed by atoms with E-state index >= 15 is 0 Å². The van der Waals surface area contributed by atoms with E-state index in [2.05, 4.69) is 26.5 Å². The predicted molar refractivity (Wildman–Crippen MR) is 67.7 cm³/mol. The fourth-order valence-corrected chi connectivity index (χ4v) is 3.93. The van der Waals surface area contributed by atoms with Gasteiger partial charge in [-0.25, -0.2) is 4.79 Å². The van der Waals surface area contributed by atoms with Gasteiger partial charge in [0, 0.05) is 17.4 Å². The van der Waals surface area contributed by atoms with Crippen molar-refractivity contribution in [3.05, 3.63) is 23.8 Å². The van der Waals surface area contributed by atoms with E-state index in [9.17, 15) is 9.90 Å². The lowest BCUT2D eigenvalue weighted by Gasteiger charge is -2.51. The van der Waals surface area contributed by atoms with E-state index in [0.717, 1.165) is 19.3 Å². The molecule has 0 radical (unpaired) electrons. The lowest BCUT2D eigenvalue weighted by atomic mass is 9.55. The number of hydrogen-bond acceptors (Lipinski definition) is 3. The van der Waals surface area contributed by atoms with Crippen molar-refractivity contribution >= 4 is 5.97 Å². The molecular formula is C15H20O3. The average Bonchev–Trinajstić information content (AvgIpc) is 2.60. The Morgan fingerprint density at radius 3 is 3.00 bits per heavy atom. The molecule has 3 nitrogen and oxygen atoms in total. The smallest absolute Gasteiger partial charge is 0.334 e. The minimum atomic E-state index is -0.559. The van der Waals surface area contributed by atoms with Gasteiger partial charge >= 0.3 is 5.97 Å². The Kier molecular flexibility index (Phi) is 2.46. The van der Waals surface area contributed by atoms with E-state index in [1.165, 1.54) is 5.57 Å². The number of hydrogen-bond donors (Lipinski definition) is 1. The highest BCUT2D eigenvalue weighted by molar-refractivity contribution is 5.91. The van der Waals surface area contributed by atoms with Crippen molar-refractivity contribution < 1.29 is 14.6 Å². The lowest BCUT2D eigenvalue weighted by molar-refractivity contribution is -0.141. The summed E-state index contributed by atoms with van der Waals surface area (Å²) in [4.78, 5) is 11.6. The van der Waals surface area contributed by atoms with Crippen molar-refractivity contribution in [3.8, 4) is 0 Å². The van der Waals surface area contributed by atoms with E-state index in [-0.39, 0.29) is 23.4 Å². The molecule has 0 aromatic carbocycles. The Bertz CT molecular complexity index is 451. The SMILES string of the molecule is C=C1C(=O)O[C@H]2CC3=CCC[C@@H](C)[C@@]3(C)[C@H](O)[C@@H]12. The summed E-state index contributed by atoms with van der Waals surface area (Å²) in [7, 11) is 0. The van der Waals surface area contributed by atoms with Crippen LogP contribution in [-0.4, -0.2) is 23.3 Å². The number of allylic oxidation sites excluding steroid dienone is 1. The monoisotopic (exact) mass is 248 g/mol. The molecule has 2 aliphatic carbocycles. The number of ether oxygens (including phenoxy) is 1. The standard InChI is InChI=1S/C15H20O3/c1-8-5-4-6-10-7-11-12(9(2)14(17)18-11)13(16)15(8,10)3/h6,8,11-13,16H,2,4-5,7H2,1,3H3/t8-,11+,12+,13-,15-/m1/s1.